The zero-order valence-corrected chi connectivity index (χ0v) is 13.6. The van der Waals surface area contributed by atoms with Crippen LogP contribution >= 0.6 is 0 Å². The van der Waals surface area contributed by atoms with E-state index in [1.54, 1.807) is 7.05 Å². The lowest BCUT2D eigenvalue weighted by molar-refractivity contribution is 0.152. The topological polar surface area (TPSA) is 70.5 Å². The molecule has 0 atom stereocenters. The Hall–Kier alpha value is -0.960. The summed E-state index contributed by atoms with van der Waals surface area (Å²) in [5.74, 6) is 0. The van der Waals surface area contributed by atoms with E-state index in [1.807, 2.05) is 0 Å². The van der Waals surface area contributed by atoms with Gasteiger partial charge in [-0.2, -0.15) is 5.10 Å². The average Bonchev–Trinajstić information content (AvgIpc) is 2.88. The number of nitrogens with zero attached hydrogens (tertiary/aromatic N) is 4. The predicted octanol–water partition coefficient (Wildman–Crippen LogP) is -0.274. The highest BCUT2D eigenvalue weighted by molar-refractivity contribution is 7.89. The summed E-state index contributed by atoms with van der Waals surface area (Å²) < 4.78 is 28.0. The Morgan fingerprint density at radius 1 is 1.19 bits per heavy atom. The molecular formula is C13H25N5O2S. The van der Waals surface area contributed by atoms with Gasteiger partial charge in [-0.05, 0) is 26.4 Å². The van der Waals surface area contributed by atoms with Gasteiger partial charge in [-0.15, -0.1) is 0 Å². The van der Waals surface area contributed by atoms with E-state index in [4.69, 9.17) is 0 Å². The molecule has 1 aromatic heterocycles. The van der Waals surface area contributed by atoms with E-state index in [1.165, 1.54) is 17.1 Å². The van der Waals surface area contributed by atoms with Gasteiger partial charge in [-0.3, -0.25) is 4.68 Å². The number of aromatic nitrogens is 2. The van der Waals surface area contributed by atoms with Crippen molar-refractivity contribution in [3.63, 3.8) is 0 Å². The van der Waals surface area contributed by atoms with Gasteiger partial charge >= 0.3 is 0 Å². The maximum absolute atomic E-state index is 12.0. The number of rotatable bonds is 7. The van der Waals surface area contributed by atoms with Crippen LogP contribution in [-0.4, -0.2) is 74.3 Å². The van der Waals surface area contributed by atoms with Crippen LogP contribution in [-0.2, 0) is 17.1 Å². The number of sulfonamides is 1. The van der Waals surface area contributed by atoms with Gasteiger partial charge in [0, 0.05) is 46.0 Å². The second kappa shape index (κ2) is 7.35. The van der Waals surface area contributed by atoms with Gasteiger partial charge in [-0.25, -0.2) is 13.1 Å². The van der Waals surface area contributed by atoms with Crippen LogP contribution in [0.25, 0.3) is 0 Å². The largest absolute Gasteiger partial charge is 0.304 e. The van der Waals surface area contributed by atoms with Crippen molar-refractivity contribution >= 4 is 10.0 Å². The third-order valence-corrected chi connectivity index (χ3v) is 5.20. The molecule has 0 amide bonds. The van der Waals surface area contributed by atoms with Gasteiger partial charge in [0.25, 0.3) is 0 Å². The first-order valence-electron chi connectivity index (χ1n) is 7.36. The molecule has 2 rings (SSSR count). The quantitative estimate of drug-likeness (QED) is 0.701. The molecule has 2 heterocycles. The van der Waals surface area contributed by atoms with Crippen molar-refractivity contribution in [2.75, 3.05) is 46.3 Å². The zero-order chi connectivity index (χ0) is 15.3. The van der Waals surface area contributed by atoms with Gasteiger partial charge in [-0.1, -0.05) is 0 Å². The van der Waals surface area contributed by atoms with E-state index < -0.39 is 10.0 Å². The van der Waals surface area contributed by atoms with Crippen molar-refractivity contribution in [3.05, 3.63) is 12.4 Å². The average molecular weight is 315 g/mol. The number of likely N-dealkylation sites (N-methyl/N-ethyl adjacent to an activating group) is 1. The lowest BCUT2D eigenvalue weighted by Crippen LogP contribution is -2.44. The number of nitrogens with one attached hydrogen (secondary N) is 1. The standard InChI is InChI=1S/C13H25N5O2S/c1-16-7-9-18(10-8-16)6-4-3-5-15-21(19,20)13-11-14-17(2)12-13/h11-12,15H,3-10H2,1-2H3. The predicted molar refractivity (Wildman–Crippen MR) is 81.6 cm³/mol. The van der Waals surface area contributed by atoms with Crippen molar-refractivity contribution in [2.24, 2.45) is 7.05 Å². The smallest absolute Gasteiger partial charge is 0.243 e. The third-order valence-electron chi connectivity index (χ3n) is 3.78. The minimum atomic E-state index is -3.41. The van der Waals surface area contributed by atoms with Crippen LogP contribution in [0.5, 0.6) is 0 Å². The van der Waals surface area contributed by atoms with Crippen molar-refractivity contribution in [1.82, 2.24) is 24.3 Å². The van der Waals surface area contributed by atoms with Gasteiger partial charge in [0.2, 0.25) is 10.0 Å². The molecule has 0 spiro atoms. The fourth-order valence-corrected chi connectivity index (χ4v) is 3.42. The lowest BCUT2D eigenvalue weighted by atomic mass is 10.2. The molecule has 1 aliphatic heterocycles. The van der Waals surface area contributed by atoms with Crippen LogP contribution in [0, 0.1) is 0 Å². The maximum atomic E-state index is 12.0. The fraction of sp³-hybridized carbons (Fsp3) is 0.769. The first-order chi connectivity index (χ1) is 9.97. The first kappa shape index (κ1) is 16.4. The summed E-state index contributed by atoms with van der Waals surface area (Å²) in [6.07, 6.45) is 4.74. The van der Waals surface area contributed by atoms with Crippen LogP contribution in [0.1, 0.15) is 12.8 Å². The first-order valence-corrected chi connectivity index (χ1v) is 8.85. The molecule has 0 bridgehead atoms. The third kappa shape index (κ3) is 5.06. The second-order valence-corrected chi connectivity index (χ2v) is 7.37. The van der Waals surface area contributed by atoms with Crippen LogP contribution in [0.15, 0.2) is 17.3 Å². The lowest BCUT2D eigenvalue weighted by Gasteiger charge is -2.32. The summed E-state index contributed by atoms with van der Waals surface area (Å²) in [6, 6.07) is 0. The van der Waals surface area contributed by atoms with Crippen LogP contribution in [0.4, 0.5) is 0 Å². The molecule has 1 N–H and O–H groups in total. The Bertz CT molecular complexity index is 535. The fourth-order valence-electron chi connectivity index (χ4n) is 2.36. The monoisotopic (exact) mass is 315 g/mol. The number of hydrogen-bond acceptors (Lipinski definition) is 5. The Balaban J connectivity index is 1.63. The van der Waals surface area contributed by atoms with Gasteiger partial charge < -0.3 is 9.80 Å². The molecule has 1 aliphatic rings. The molecule has 1 fully saturated rings. The minimum Gasteiger partial charge on any atom is -0.304 e. The minimum absolute atomic E-state index is 0.226. The number of piperazine rings is 1. The summed E-state index contributed by atoms with van der Waals surface area (Å²) >= 11 is 0. The summed E-state index contributed by atoms with van der Waals surface area (Å²) in [6.45, 7) is 5.98. The molecule has 1 saturated heterocycles. The highest BCUT2D eigenvalue weighted by Crippen LogP contribution is 2.06. The summed E-state index contributed by atoms with van der Waals surface area (Å²) in [5.41, 5.74) is 0. The van der Waals surface area contributed by atoms with Crippen molar-refractivity contribution in [2.45, 2.75) is 17.7 Å². The molecule has 0 saturated carbocycles. The molecule has 7 nitrogen and oxygen atoms in total. The van der Waals surface area contributed by atoms with E-state index in [0.29, 0.717) is 6.54 Å². The molecule has 0 radical (unpaired) electrons. The SMILES string of the molecule is CN1CCN(CCCCNS(=O)(=O)c2cnn(C)c2)CC1. The maximum Gasteiger partial charge on any atom is 0.243 e. The molecular weight excluding hydrogens is 290 g/mol. The zero-order valence-electron chi connectivity index (χ0n) is 12.8. The van der Waals surface area contributed by atoms with Crippen LogP contribution in [0.2, 0.25) is 0 Å². The normalized spacial score (nSPS) is 18.2. The van der Waals surface area contributed by atoms with Crippen molar-refractivity contribution in [3.8, 4) is 0 Å². The van der Waals surface area contributed by atoms with Gasteiger partial charge in [0.15, 0.2) is 0 Å². The molecule has 1 aromatic rings. The molecule has 0 aliphatic carbocycles. The highest BCUT2D eigenvalue weighted by Gasteiger charge is 2.16. The Kier molecular flexibility index (Phi) is 5.74. The number of hydrogen-bond donors (Lipinski definition) is 1. The van der Waals surface area contributed by atoms with E-state index in [2.05, 4.69) is 26.7 Å². The summed E-state index contributed by atoms with van der Waals surface area (Å²) in [4.78, 5) is 5.00. The molecule has 0 unspecified atom stereocenters. The van der Waals surface area contributed by atoms with Crippen molar-refractivity contribution < 1.29 is 8.42 Å². The molecule has 8 heteroatoms. The number of unbranched alkanes of at least 4 members (excludes halogenated alkanes) is 1. The Morgan fingerprint density at radius 3 is 2.52 bits per heavy atom. The van der Waals surface area contributed by atoms with E-state index in [0.717, 1.165) is 45.6 Å². The van der Waals surface area contributed by atoms with E-state index >= 15 is 0 Å². The van der Waals surface area contributed by atoms with Crippen LogP contribution < -0.4 is 4.72 Å². The van der Waals surface area contributed by atoms with Gasteiger partial charge in [0.1, 0.15) is 4.90 Å². The Morgan fingerprint density at radius 2 is 1.90 bits per heavy atom. The molecule has 0 aromatic carbocycles. The van der Waals surface area contributed by atoms with E-state index in [9.17, 15) is 8.42 Å². The summed E-state index contributed by atoms with van der Waals surface area (Å²) in [5, 5.41) is 3.88. The molecule has 21 heavy (non-hydrogen) atoms. The molecule has 120 valence electrons. The second-order valence-electron chi connectivity index (χ2n) is 5.60. The van der Waals surface area contributed by atoms with Crippen molar-refractivity contribution in [1.29, 1.82) is 0 Å². The summed E-state index contributed by atoms with van der Waals surface area (Å²) in [7, 11) is 0.441. The van der Waals surface area contributed by atoms with Gasteiger partial charge in [0.05, 0.1) is 6.20 Å². The number of aryl methyl sites for hydroxylation is 1. The Labute approximate surface area is 127 Å². The van der Waals surface area contributed by atoms with Crippen LogP contribution in [0.3, 0.4) is 0 Å². The highest BCUT2D eigenvalue weighted by atomic mass is 32.2. The van der Waals surface area contributed by atoms with E-state index in [-0.39, 0.29) is 4.90 Å².